The number of hydrogen-bond donors (Lipinski definition) is 1. The van der Waals surface area contributed by atoms with Gasteiger partial charge in [0.25, 0.3) is 0 Å². The Morgan fingerprint density at radius 3 is 2.35 bits per heavy atom. The van der Waals surface area contributed by atoms with E-state index in [1.54, 1.807) is 21.3 Å². The summed E-state index contributed by atoms with van der Waals surface area (Å²) in [5.41, 5.74) is 2.18. The molecule has 0 aromatic heterocycles. The van der Waals surface area contributed by atoms with Crippen molar-refractivity contribution < 1.29 is 19.0 Å². The molecule has 2 aromatic carbocycles. The maximum atomic E-state index is 12.7. The van der Waals surface area contributed by atoms with Crippen molar-refractivity contribution >= 4 is 5.91 Å². The van der Waals surface area contributed by atoms with E-state index in [4.69, 9.17) is 14.2 Å². The number of nitrogens with one attached hydrogen (secondary N) is 1. The highest BCUT2D eigenvalue weighted by Crippen LogP contribution is 2.31. The molecule has 3 rings (SSSR count). The largest absolute Gasteiger partial charge is 0.497 e. The molecule has 1 atom stereocenters. The molecule has 0 saturated carbocycles. The molecule has 1 fully saturated rings. The Morgan fingerprint density at radius 1 is 0.968 bits per heavy atom. The minimum absolute atomic E-state index is 0.0420. The number of benzene rings is 2. The monoisotopic (exact) mass is 426 g/mol. The molecule has 6 nitrogen and oxygen atoms in total. The van der Waals surface area contributed by atoms with Gasteiger partial charge in [0.2, 0.25) is 5.91 Å². The van der Waals surface area contributed by atoms with Gasteiger partial charge < -0.3 is 19.5 Å². The molecular formula is C25H34N2O4. The van der Waals surface area contributed by atoms with Crippen LogP contribution in [-0.4, -0.2) is 51.8 Å². The van der Waals surface area contributed by atoms with Gasteiger partial charge in [-0.3, -0.25) is 9.69 Å². The van der Waals surface area contributed by atoms with Crippen molar-refractivity contribution in [2.24, 2.45) is 0 Å². The van der Waals surface area contributed by atoms with E-state index in [0.717, 1.165) is 24.4 Å². The molecule has 1 saturated heterocycles. The Bertz CT molecular complexity index is 832. The third kappa shape index (κ3) is 6.14. The van der Waals surface area contributed by atoms with Crippen molar-refractivity contribution in [3.8, 4) is 17.2 Å². The van der Waals surface area contributed by atoms with Crippen LogP contribution in [0.3, 0.4) is 0 Å². The normalized spacial score (nSPS) is 15.2. The van der Waals surface area contributed by atoms with Crippen molar-refractivity contribution in [3.05, 3.63) is 53.6 Å². The maximum Gasteiger partial charge on any atom is 0.220 e. The lowest BCUT2D eigenvalue weighted by molar-refractivity contribution is -0.121. The second-order valence-electron chi connectivity index (χ2n) is 7.84. The maximum absolute atomic E-state index is 12.7. The van der Waals surface area contributed by atoms with E-state index in [0.29, 0.717) is 30.9 Å². The fourth-order valence-corrected chi connectivity index (χ4v) is 4.21. The summed E-state index contributed by atoms with van der Waals surface area (Å²) >= 11 is 0. The van der Waals surface area contributed by atoms with Crippen LogP contribution in [0, 0.1) is 0 Å². The first kappa shape index (κ1) is 22.9. The van der Waals surface area contributed by atoms with E-state index in [1.165, 1.54) is 24.8 Å². The van der Waals surface area contributed by atoms with E-state index in [2.05, 4.69) is 22.3 Å². The van der Waals surface area contributed by atoms with E-state index < -0.39 is 0 Å². The molecule has 6 heteroatoms. The zero-order valence-electron chi connectivity index (χ0n) is 18.9. The number of piperidine rings is 1. The molecule has 1 N–H and O–H groups in total. The van der Waals surface area contributed by atoms with Crippen molar-refractivity contribution in [1.82, 2.24) is 10.2 Å². The number of carbonyl (C=O) groups is 1. The van der Waals surface area contributed by atoms with Gasteiger partial charge in [-0.25, -0.2) is 0 Å². The third-order valence-corrected chi connectivity index (χ3v) is 5.93. The topological polar surface area (TPSA) is 60.0 Å². The molecule has 1 aliphatic rings. The van der Waals surface area contributed by atoms with E-state index in [1.807, 2.05) is 30.3 Å². The number of para-hydroxylation sites is 1. The number of amides is 1. The first-order valence-corrected chi connectivity index (χ1v) is 11.0. The van der Waals surface area contributed by atoms with Gasteiger partial charge in [0.1, 0.15) is 5.75 Å². The summed E-state index contributed by atoms with van der Waals surface area (Å²) in [7, 11) is 4.92. The zero-order valence-corrected chi connectivity index (χ0v) is 18.9. The SMILES string of the molecule is COc1ccc(C(CNC(=O)CCc2cccc(OC)c2OC)N2CCCCC2)cc1. The van der Waals surface area contributed by atoms with Gasteiger partial charge in [0, 0.05) is 13.0 Å². The Labute approximate surface area is 185 Å². The number of methoxy groups -OCH3 is 3. The molecule has 0 spiro atoms. The lowest BCUT2D eigenvalue weighted by atomic mass is 10.0. The fraction of sp³-hybridized carbons (Fsp3) is 0.480. The molecular weight excluding hydrogens is 392 g/mol. The Morgan fingerprint density at radius 2 is 1.71 bits per heavy atom. The Hall–Kier alpha value is -2.73. The summed E-state index contributed by atoms with van der Waals surface area (Å²) in [6, 6.07) is 14.1. The second kappa shape index (κ2) is 11.6. The van der Waals surface area contributed by atoms with Crippen LogP contribution in [0.1, 0.15) is 42.9 Å². The van der Waals surface area contributed by atoms with Crippen LogP contribution in [0.15, 0.2) is 42.5 Å². The van der Waals surface area contributed by atoms with Crippen molar-refractivity contribution in [3.63, 3.8) is 0 Å². The van der Waals surface area contributed by atoms with E-state index in [-0.39, 0.29) is 11.9 Å². The predicted octanol–water partition coefficient (Wildman–Crippen LogP) is 3.99. The number of nitrogens with zero attached hydrogens (tertiary/aromatic N) is 1. The molecule has 1 aliphatic heterocycles. The van der Waals surface area contributed by atoms with Crippen LogP contribution < -0.4 is 19.5 Å². The minimum atomic E-state index is 0.0420. The highest BCUT2D eigenvalue weighted by atomic mass is 16.5. The average molecular weight is 427 g/mol. The van der Waals surface area contributed by atoms with Gasteiger partial charge in [-0.15, -0.1) is 0 Å². The first-order valence-electron chi connectivity index (χ1n) is 11.0. The number of likely N-dealkylation sites (tertiary alicyclic amines) is 1. The van der Waals surface area contributed by atoms with Crippen LogP contribution >= 0.6 is 0 Å². The number of hydrogen-bond acceptors (Lipinski definition) is 5. The predicted molar refractivity (Wildman–Crippen MR) is 122 cm³/mol. The molecule has 2 aromatic rings. The van der Waals surface area contributed by atoms with E-state index in [9.17, 15) is 4.79 Å². The standard InChI is InChI=1S/C25H34N2O4/c1-29-21-13-10-19(11-14-21)22(27-16-5-4-6-17-27)18-26-24(28)15-12-20-8-7-9-23(30-2)25(20)31-3/h7-11,13-14,22H,4-6,12,15-18H2,1-3H3,(H,26,28). The van der Waals surface area contributed by atoms with Crippen LogP contribution in [0.5, 0.6) is 17.2 Å². The lowest BCUT2D eigenvalue weighted by Crippen LogP contribution is -2.40. The number of aryl methyl sites for hydroxylation is 1. The Kier molecular flexibility index (Phi) is 8.59. The summed E-state index contributed by atoms with van der Waals surface area (Å²) in [6.45, 7) is 2.72. The van der Waals surface area contributed by atoms with Gasteiger partial charge in [-0.2, -0.15) is 0 Å². The average Bonchev–Trinajstić information content (AvgIpc) is 2.83. The summed E-state index contributed by atoms with van der Waals surface area (Å²) in [4.78, 5) is 15.2. The van der Waals surface area contributed by atoms with Gasteiger partial charge in [-0.1, -0.05) is 30.7 Å². The summed E-state index contributed by atoms with van der Waals surface area (Å²) < 4.78 is 16.1. The zero-order chi connectivity index (χ0) is 22.1. The van der Waals surface area contributed by atoms with Crippen molar-refractivity contribution in [2.75, 3.05) is 41.0 Å². The summed E-state index contributed by atoms with van der Waals surface area (Å²) in [6.07, 6.45) is 4.69. The van der Waals surface area contributed by atoms with Gasteiger partial charge in [-0.05, 0) is 61.7 Å². The highest BCUT2D eigenvalue weighted by Gasteiger charge is 2.23. The Balaban J connectivity index is 1.62. The quantitative estimate of drug-likeness (QED) is 0.623. The highest BCUT2D eigenvalue weighted by molar-refractivity contribution is 5.76. The van der Waals surface area contributed by atoms with E-state index >= 15 is 0 Å². The second-order valence-corrected chi connectivity index (χ2v) is 7.84. The van der Waals surface area contributed by atoms with Crippen LogP contribution in [0.4, 0.5) is 0 Å². The van der Waals surface area contributed by atoms with Gasteiger partial charge >= 0.3 is 0 Å². The van der Waals surface area contributed by atoms with Crippen LogP contribution in [0.25, 0.3) is 0 Å². The fourth-order valence-electron chi connectivity index (χ4n) is 4.21. The first-order chi connectivity index (χ1) is 15.2. The smallest absolute Gasteiger partial charge is 0.220 e. The molecule has 1 heterocycles. The molecule has 0 aliphatic carbocycles. The molecule has 1 unspecified atom stereocenters. The van der Waals surface area contributed by atoms with Gasteiger partial charge in [0.05, 0.1) is 27.4 Å². The molecule has 1 amide bonds. The van der Waals surface area contributed by atoms with Crippen molar-refractivity contribution in [1.29, 1.82) is 0 Å². The molecule has 168 valence electrons. The lowest BCUT2D eigenvalue weighted by Gasteiger charge is -2.35. The van der Waals surface area contributed by atoms with Crippen LogP contribution in [0.2, 0.25) is 0 Å². The van der Waals surface area contributed by atoms with Crippen LogP contribution in [-0.2, 0) is 11.2 Å². The molecule has 31 heavy (non-hydrogen) atoms. The minimum Gasteiger partial charge on any atom is -0.497 e. The molecule has 0 radical (unpaired) electrons. The van der Waals surface area contributed by atoms with Crippen molar-refractivity contribution in [2.45, 2.75) is 38.1 Å². The summed E-state index contributed by atoms with van der Waals surface area (Å²) in [5, 5.41) is 3.16. The summed E-state index contributed by atoms with van der Waals surface area (Å²) in [5.74, 6) is 2.27. The van der Waals surface area contributed by atoms with Gasteiger partial charge in [0.15, 0.2) is 11.5 Å². The third-order valence-electron chi connectivity index (χ3n) is 5.93. The number of carbonyl (C=O) groups excluding carboxylic acids is 1. The number of rotatable bonds is 10. The number of ether oxygens (including phenoxy) is 3. The molecule has 0 bridgehead atoms.